The lowest BCUT2D eigenvalue weighted by Crippen LogP contribution is -2.31. The third kappa shape index (κ3) is 3.70. The average molecular weight is 340 g/mol. The minimum absolute atomic E-state index is 0.418. The molecule has 2 aromatic rings. The smallest absolute Gasteiger partial charge is 0.191 e. The van der Waals surface area contributed by atoms with Crippen LogP contribution in [0.15, 0.2) is 34.5 Å². The Balaban J connectivity index is 2.18. The summed E-state index contributed by atoms with van der Waals surface area (Å²) in [7, 11) is 1.94. The minimum atomic E-state index is 0.418. The van der Waals surface area contributed by atoms with Gasteiger partial charge in [0.05, 0.1) is 0 Å². The zero-order chi connectivity index (χ0) is 15.9. The molecular formula is C13H18ClN7S. The number of nitrogens with one attached hydrogen (secondary N) is 1. The first kappa shape index (κ1) is 16.6. The molecule has 0 saturated carbocycles. The fourth-order valence-electron chi connectivity index (χ4n) is 1.88. The summed E-state index contributed by atoms with van der Waals surface area (Å²) in [5.41, 5.74) is 4.20. The number of thioether (sulfide) groups is 1. The molecular weight excluding hydrogens is 322 g/mol. The number of hydrazine groups is 1. The highest BCUT2D eigenvalue weighted by atomic mass is 35.5. The van der Waals surface area contributed by atoms with E-state index in [9.17, 15) is 0 Å². The Morgan fingerprint density at radius 3 is 2.68 bits per heavy atom. The Morgan fingerprint density at radius 2 is 2.09 bits per heavy atom. The van der Waals surface area contributed by atoms with Crippen LogP contribution in [0.5, 0.6) is 0 Å². The summed E-state index contributed by atoms with van der Waals surface area (Å²) in [4.78, 5) is 0. The van der Waals surface area contributed by atoms with Crippen molar-refractivity contribution in [3.05, 3.63) is 29.8 Å². The average Bonchev–Trinajstić information content (AvgIpc) is 2.91. The van der Waals surface area contributed by atoms with E-state index in [-0.39, 0.29) is 0 Å². The molecule has 0 unspecified atom stereocenters. The van der Waals surface area contributed by atoms with Crippen LogP contribution >= 0.6 is 23.4 Å². The first-order chi connectivity index (χ1) is 10.7. The first-order valence-electron chi connectivity index (χ1n) is 6.64. The minimum Gasteiger partial charge on any atom is -0.321 e. The molecule has 1 aromatic carbocycles. The third-order valence-electron chi connectivity index (χ3n) is 3.03. The quantitative estimate of drug-likeness (QED) is 0.139. The van der Waals surface area contributed by atoms with Gasteiger partial charge < -0.3 is 15.8 Å². The van der Waals surface area contributed by atoms with E-state index in [1.54, 1.807) is 11.8 Å². The summed E-state index contributed by atoms with van der Waals surface area (Å²) in [6.07, 6.45) is 0.941. The molecule has 118 valence electrons. The second-order valence-corrected chi connectivity index (χ2v) is 5.90. The number of hydrogen-bond donors (Lipinski definition) is 3. The van der Waals surface area contributed by atoms with E-state index in [0.717, 1.165) is 34.3 Å². The number of amidine groups is 1. The molecule has 1 aromatic heterocycles. The van der Waals surface area contributed by atoms with Crippen molar-refractivity contribution in [2.75, 3.05) is 11.6 Å². The zero-order valence-electron chi connectivity index (χ0n) is 12.2. The van der Waals surface area contributed by atoms with Crippen molar-refractivity contribution in [3.63, 3.8) is 0 Å². The van der Waals surface area contributed by atoms with E-state index in [2.05, 4.69) is 20.7 Å². The van der Waals surface area contributed by atoms with Crippen LogP contribution in [0.3, 0.4) is 0 Å². The SMILES string of the molecule is Cn1c(SCCCCl)nnc1-c1ccc(/C(=N/N)NN)cc1. The Morgan fingerprint density at radius 1 is 1.36 bits per heavy atom. The maximum Gasteiger partial charge on any atom is 0.191 e. The molecule has 9 heteroatoms. The second-order valence-electron chi connectivity index (χ2n) is 4.46. The molecule has 0 saturated heterocycles. The molecule has 0 amide bonds. The van der Waals surface area contributed by atoms with Crippen molar-refractivity contribution in [3.8, 4) is 11.4 Å². The maximum atomic E-state index is 5.68. The van der Waals surface area contributed by atoms with Gasteiger partial charge in [0, 0.05) is 29.8 Å². The van der Waals surface area contributed by atoms with Gasteiger partial charge in [-0.25, -0.2) is 5.84 Å². The summed E-state index contributed by atoms with van der Waals surface area (Å²) in [5, 5.41) is 12.9. The third-order valence-corrected chi connectivity index (χ3v) is 4.40. The topological polar surface area (TPSA) is 107 Å². The molecule has 0 bridgehead atoms. The van der Waals surface area contributed by atoms with Gasteiger partial charge in [-0.2, -0.15) is 5.10 Å². The standard InChI is InChI=1S/C13H18ClN7S/c1-21-12(19-20-13(21)22-8-2-7-14)10-5-3-9(4-6-10)11(17-15)18-16/h3-6H,2,7-8,15-16H2,1H3,(H,17,18). The van der Waals surface area contributed by atoms with Crippen molar-refractivity contribution in [2.24, 2.45) is 23.8 Å². The molecule has 0 atom stereocenters. The van der Waals surface area contributed by atoms with Crippen LogP contribution in [-0.2, 0) is 7.05 Å². The van der Waals surface area contributed by atoms with Gasteiger partial charge in [0.1, 0.15) is 0 Å². The molecule has 2 rings (SSSR count). The van der Waals surface area contributed by atoms with Gasteiger partial charge in [-0.05, 0) is 6.42 Å². The molecule has 0 aliphatic heterocycles. The summed E-state index contributed by atoms with van der Waals surface area (Å²) >= 11 is 7.33. The molecule has 5 N–H and O–H groups in total. The zero-order valence-corrected chi connectivity index (χ0v) is 13.7. The monoisotopic (exact) mass is 339 g/mol. The number of hydrazone groups is 1. The molecule has 0 aliphatic carbocycles. The van der Waals surface area contributed by atoms with Crippen LogP contribution in [0.4, 0.5) is 0 Å². The van der Waals surface area contributed by atoms with Crippen molar-refractivity contribution >= 4 is 29.2 Å². The van der Waals surface area contributed by atoms with Crippen molar-refractivity contribution in [2.45, 2.75) is 11.6 Å². The lowest BCUT2D eigenvalue weighted by atomic mass is 10.1. The van der Waals surface area contributed by atoms with Crippen LogP contribution in [-0.4, -0.2) is 32.2 Å². The van der Waals surface area contributed by atoms with Gasteiger partial charge in [0.2, 0.25) is 0 Å². The normalized spacial score (nSPS) is 11.7. The van der Waals surface area contributed by atoms with E-state index < -0.39 is 0 Å². The van der Waals surface area contributed by atoms with E-state index in [4.69, 9.17) is 23.3 Å². The summed E-state index contributed by atoms with van der Waals surface area (Å²) in [6, 6.07) is 7.59. The van der Waals surface area contributed by atoms with E-state index in [1.165, 1.54) is 0 Å². The van der Waals surface area contributed by atoms with Crippen LogP contribution in [0.25, 0.3) is 11.4 Å². The molecule has 0 radical (unpaired) electrons. The number of halogens is 1. The summed E-state index contributed by atoms with van der Waals surface area (Å²) in [5.74, 6) is 13.4. The predicted molar refractivity (Wildman–Crippen MR) is 90.5 cm³/mol. The highest BCUT2D eigenvalue weighted by Gasteiger charge is 2.11. The number of benzene rings is 1. The van der Waals surface area contributed by atoms with Gasteiger partial charge in [-0.15, -0.1) is 21.8 Å². The van der Waals surface area contributed by atoms with Crippen LogP contribution < -0.4 is 17.1 Å². The molecule has 7 nitrogen and oxygen atoms in total. The Kier molecular flexibility index (Phi) is 6.05. The lowest BCUT2D eigenvalue weighted by molar-refractivity contribution is 0.793. The number of aromatic nitrogens is 3. The summed E-state index contributed by atoms with van der Waals surface area (Å²) < 4.78 is 1.97. The fourth-order valence-corrected chi connectivity index (χ4v) is 3.02. The largest absolute Gasteiger partial charge is 0.321 e. The van der Waals surface area contributed by atoms with Crippen LogP contribution in [0.1, 0.15) is 12.0 Å². The highest BCUT2D eigenvalue weighted by Crippen LogP contribution is 2.23. The fraction of sp³-hybridized carbons (Fsp3) is 0.308. The molecule has 0 fully saturated rings. The molecule has 0 spiro atoms. The number of hydrogen-bond acceptors (Lipinski definition) is 6. The van der Waals surface area contributed by atoms with Crippen molar-refractivity contribution in [1.82, 2.24) is 20.2 Å². The Bertz CT molecular complexity index is 638. The van der Waals surface area contributed by atoms with Gasteiger partial charge in [0.15, 0.2) is 16.8 Å². The molecule has 0 aliphatic rings. The predicted octanol–water partition coefficient (Wildman–Crippen LogP) is 1.29. The van der Waals surface area contributed by atoms with Crippen molar-refractivity contribution in [1.29, 1.82) is 0 Å². The Labute approximate surface area is 138 Å². The van der Waals surface area contributed by atoms with Crippen molar-refractivity contribution < 1.29 is 0 Å². The maximum absolute atomic E-state index is 5.68. The summed E-state index contributed by atoms with van der Waals surface area (Å²) in [6.45, 7) is 0. The van der Waals surface area contributed by atoms with Gasteiger partial charge >= 0.3 is 0 Å². The second kappa shape index (κ2) is 8.02. The van der Waals surface area contributed by atoms with Gasteiger partial charge in [0.25, 0.3) is 0 Å². The number of nitrogens with two attached hydrogens (primary N) is 2. The number of nitrogens with zero attached hydrogens (tertiary/aromatic N) is 4. The Hall–Kier alpha value is -1.77. The highest BCUT2D eigenvalue weighted by molar-refractivity contribution is 7.99. The van der Waals surface area contributed by atoms with Crippen LogP contribution in [0, 0.1) is 0 Å². The first-order valence-corrected chi connectivity index (χ1v) is 8.16. The number of alkyl halides is 1. The van der Waals surface area contributed by atoms with Crippen LogP contribution in [0.2, 0.25) is 0 Å². The van der Waals surface area contributed by atoms with E-state index in [0.29, 0.717) is 11.7 Å². The van der Waals surface area contributed by atoms with Gasteiger partial charge in [-0.3, -0.25) is 0 Å². The van der Waals surface area contributed by atoms with E-state index >= 15 is 0 Å². The van der Waals surface area contributed by atoms with E-state index in [1.807, 2.05) is 35.9 Å². The molecule has 1 heterocycles. The molecule has 22 heavy (non-hydrogen) atoms. The van der Waals surface area contributed by atoms with Gasteiger partial charge in [-0.1, -0.05) is 36.0 Å². The lowest BCUT2D eigenvalue weighted by Gasteiger charge is -2.06. The number of rotatable bonds is 6.